The van der Waals surface area contributed by atoms with Crippen molar-refractivity contribution in [3.05, 3.63) is 65.2 Å². The van der Waals surface area contributed by atoms with E-state index in [1.165, 1.54) is 11.0 Å². The summed E-state index contributed by atoms with van der Waals surface area (Å²) in [6, 6.07) is 8.66. The van der Waals surface area contributed by atoms with Crippen LogP contribution in [0.3, 0.4) is 0 Å². The molecule has 0 amide bonds. The molecule has 32 heavy (non-hydrogen) atoms. The van der Waals surface area contributed by atoms with Crippen LogP contribution < -0.4 is 10.6 Å². The normalized spacial score (nSPS) is 19.3. The van der Waals surface area contributed by atoms with Crippen LogP contribution in [0, 0.1) is 18.6 Å². The molecule has 1 saturated heterocycles. The van der Waals surface area contributed by atoms with Crippen molar-refractivity contribution in [1.82, 2.24) is 9.97 Å². The highest BCUT2D eigenvalue weighted by molar-refractivity contribution is 7.90. The summed E-state index contributed by atoms with van der Waals surface area (Å²) < 4.78 is 60.1. The molecule has 2 N–H and O–H groups in total. The van der Waals surface area contributed by atoms with Gasteiger partial charge in [0.15, 0.2) is 5.72 Å². The predicted molar refractivity (Wildman–Crippen MR) is 116 cm³/mol. The van der Waals surface area contributed by atoms with Crippen molar-refractivity contribution in [3.63, 3.8) is 0 Å². The van der Waals surface area contributed by atoms with Gasteiger partial charge in [-0.15, -0.1) is 0 Å². The number of ether oxygens (including phenoxy) is 1. The fraction of sp³-hybridized carbons (Fsp3) is 0.182. The molecule has 1 spiro atoms. The van der Waals surface area contributed by atoms with Gasteiger partial charge in [-0.3, -0.25) is 4.90 Å². The van der Waals surface area contributed by atoms with E-state index in [-0.39, 0.29) is 23.8 Å². The van der Waals surface area contributed by atoms with E-state index in [0.717, 1.165) is 24.0 Å². The van der Waals surface area contributed by atoms with Gasteiger partial charge in [0.05, 0.1) is 5.69 Å². The Morgan fingerprint density at radius 2 is 1.84 bits per heavy atom. The van der Waals surface area contributed by atoms with Crippen LogP contribution in [-0.2, 0) is 14.6 Å². The maximum Gasteiger partial charge on any atom is 0.249 e. The van der Waals surface area contributed by atoms with E-state index in [1.54, 1.807) is 30.4 Å². The van der Waals surface area contributed by atoms with Gasteiger partial charge >= 0.3 is 0 Å². The highest BCUT2D eigenvalue weighted by Gasteiger charge is 2.54. The van der Waals surface area contributed by atoms with E-state index < -0.39 is 32.4 Å². The van der Waals surface area contributed by atoms with Gasteiger partial charge in [-0.25, -0.2) is 22.2 Å². The standard InChI is InChI=1S/C22H18F2N4O3S/c1-12-6-7-13(25)10-15(12)18-14-8-9-22(11-31-22)28(19-16(23)4-3-5-17(19)24)20(14)27-21(26-18)32(2,29)30/h3-10H,11,25H2,1-2H3. The number of halogens is 2. The number of fused-ring (bicyclic) bond motifs is 1. The molecule has 3 heterocycles. The Hall–Kier alpha value is -3.37. The lowest BCUT2D eigenvalue weighted by Crippen LogP contribution is -2.38. The van der Waals surface area contributed by atoms with Crippen LogP contribution in [0.5, 0.6) is 0 Å². The zero-order valence-corrected chi connectivity index (χ0v) is 18.0. The van der Waals surface area contributed by atoms with E-state index in [0.29, 0.717) is 16.8 Å². The first-order valence-corrected chi connectivity index (χ1v) is 11.6. The molecule has 2 aliphatic heterocycles. The average Bonchev–Trinajstić information content (AvgIpc) is 3.49. The molecule has 1 atom stereocenters. The number of nitrogen functional groups attached to an aromatic ring is 1. The Morgan fingerprint density at radius 1 is 1.16 bits per heavy atom. The van der Waals surface area contributed by atoms with Crippen LogP contribution in [0.1, 0.15) is 11.1 Å². The highest BCUT2D eigenvalue weighted by atomic mass is 32.2. The van der Waals surface area contributed by atoms with Gasteiger partial charge in [-0.05, 0) is 48.9 Å². The summed E-state index contributed by atoms with van der Waals surface area (Å²) in [4.78, 5) is 9.80. The maximum atomic E-state index is 14.8. The molecule has 0 aliphatic carbocycles. The summed E-state index contributed by atoms with van der Waals surface area (Å²) in [7, 11) is -3.87. The second kappa shape index (κ2) is 6.81. The van der Waals surface area contributed by atoms with Crippen molar-refractivity contribution in [2.75, 3.05) is 23.5 Å². The Balaban J connectivity index is 1.88. The van der Waals surface area contributed by atoms with Crippen LogP contribution in [0.15, 0.2) is 47.6 Å². The number of nitrogens with zero attached hydrogens (tertiary/aromatic N) is 3. The zero-order valence-electron chi connectivity index (χ0n) is 17.1. The van der Waals surface area contributed by atoms with E-state index >= 15 is 0 Å². The molecular weight excluding hydrogens is 438 g/mol. The Kier molecular flexibility index (Phi) is 4.37. The smallest absolute Gasteiger partial charge is 0.249 e. The summed E-state index contributed by atoms with van der Waals surface area (Å²) in [5.74, 6) is -1.63. The minimum atomic E-state index is -3.87. The van der Waals surface area contributed by atoms with Gasteiger partial charge in [0.25, 0.3) is 0 Å². The molecule has 0 radical (unpaired) electrons. The van der Waals surface area contributed by atoms with Crippen molar-refractivity contribution in [2.45, 2.75) is 17.8 Å². The molecule has 10 heteroatoms. The van der Waals surface area contributed by atoms with Crippen LogP contribution in [0.2, 0.25) is 0 Å². The van der Waals surface area contributed by atoms with Gasteiger partial charge in [0.1, 0.15) is 29.7 Å². The molecule has 7 nitrogen and oxygen atoms in total. The second-order valence-electron chi connectivity index (χ2n) is 7.81. The number of hydrogen-bond donors (Lipinski definition) is 1. The summed E-state index contributed by atoms with van der Waals surface area (Å²) in [5.41, 5.74) is 6.93. The third-order valence-electron chi connectivity index (χ3n) is 5.46. The van der Waals surface area contributed by atoms with Gasteiger partial charge in [0, 0.05) is 23.1 Å². The number of sulfone groups is 1. The summed E-state index contributed by atoms with van der Waals surface area (Å²) in [5, 5.41) is -0.471. The molecule has 0 bridgehead atoms. The molecular formula is C22H18F2N4O3S. The van der Waals surface area contributed by atoms with Crippen molar-refractivity contribution < 1.29 is 21.9 Å². The lowest BCUT2D eigenvalue weighted by atomic mass is 9.97. The predicted octanol–water partition coefficient (Wildman–Crippen LogP) is 3.61. The molecule has 0 saturated carbocycles. The fourth-order valence-corrected chi connectivity index (χ4v) is 4.30. The number of benzene rings is 2. The zero-order chi connectivity index (χ0) is 22.8. The first-order valence-electron chi connectivity index (χ1n) is 9.67. The van der Waals surface area contributed by atoms with Crippen molar-refractivity contribution in [2.24, 2.45) is 0 Å². The minimum absolute atomic E-state index is 0.0289. The number of rotatable bonds is 3. The lowest BCUT2D eigenvalue weighted by Gasteiger charge is -2.33. The molecule has 2 aromatic carbocycles. The molecule has 3 aromatic rings. The van der Waals surface area contributed by atoms with Crippen molar-refractivity contribution in [3.8, 4) is 11.3 Å². The molecule has 164 valence electrons. The van der Waals surface area contributed by atoms with Gasteiger partial charge in [0.2, 0.25) is 15.0 Å². The van der Waals surface area contributed by atoms with E-state index in [9.17, 15) is 17.2 Å². The number of nitrogens with two attached hydrogens (primary N) is 1. The van der Waals surface area contributed by atoms with Crippen LogP contribution in [0.25, 0.3) is 17.3 Å². The van der Waals surface area contributed by atoms with Crippen LogP contribution >= 0.6 is 0 Å². The van der Waals surface area contributed by atoms with E-state index in [2.05, 4.69) is 9.97 Å². The van der Waals surface area contributed by atoms with Gasteiger partial charge < -0.3 is 10.5 Å². The third kappa shape index (κ3) is 3.14. The largest absolute Gasteiger partial charge is 0.399 e. The first-order chi connectivity index (χ1) is 15.1. The Bertz CT molecular complexity index is 1400. The van der Waals surface area contributed by atoms with Crippen molar-refractivity contribution >= 4 is 33.1 Å². The topological polar surface area (TPSA) is 102 Å². The lowest BCUT2D eigenvalue weighted by molar-refractivity contribution is 0.349. The maximum absolute atomic E-state index is 14.8. The van der Waals surface area contributed by atoms with Crippen LogP contribution in [0.4, 0.5) is 26.0 Å². The van der Waals surface area contributed by atoms with Crippen LogP contribution in [-0.4, -0.2) is 37.0 Å². The monoisotopic (exact) mass is 456 g/mol. The van der Waals surface area contributed by atoms with Gasteiger partial charge in [-0.1, -0.05) is 12.1 Å². The first kappa shape index (κ1) is 20.5. The molecule has 1 unspecified atom stereocenters. The minimum Gasteiger partial charge on any atom is -0.399 e. The Labute approximate surface area is 183 Å². The summed E-state index contributed by atoms with van der Waals surface area (Å²) in [6.45, 7) is 1.98. The number of aryl methyl sites for hydroxylation is 1. The number of aromatic nitrogens is 2. The highest BCUT2D eigenvalue weighted by Crippen LogP contribution is 2.50. The SMILES string of the molecule is Cc1ccc(N)cc1-c1nc(S(C)(=O)=O)nc2c1C=CC1(CO1)N2c1c(F)cccc1F. The van der Waals surface area contributed by atoms with Crippen molar-refractivity contribution in [1.29, 1.82) is 0 Å². The number of anilines is 3. The number of epoxide rings is 1. The summed E-state index contributed by atoms with van der Waals surface area (Å²) in [6.07, 6.45) is 4.32. The third-order valence-corrected chi connectivity index (χ3v) is 6.30. The second-order valence-corrected chi connectivity index (χ2v) is 9.72. The molecule has 2 aliphatic rings. The van der Waals surface area contributed by atoms with E-state index in [1.807, 2.05) is 6.92 Å². The van der Waals surface area contributed by atoms with E-state index in [4.69, 9.17) is 10.5 Å². The fourth-order valence-electron chi connectivity index (χ4n) is 3.79. The Morgan fingerprint density at radius 3 is 2.47 bits per heavy atom. The molecule has 5 rings (SSSR count). The quantitative estimate of drug-likeness (QED) is 0.365. The molecule has 1 aromatic heterocycles. The molecule has 1 fully saturated rings. The number of hydrogen-bond acceptors (Lipinski definition) is 7. The summed E-state index contributed by atoms with van der Waals surface area (Å²) >= 11 is 0. The van der Waals surface area contributed by atoms with Gasteiger partial charge in [-0.2, -0.15) is 4.98 Å². The number of para-hydroxylation sites is 1. The average molecular weight is 456 g/mol.